The van der Waals surface area contributed by atoms with Crippen LogP contribution in [0.5, 0.6) is 0 Å². The van der Waals surface area contributed by atoms with Crippen molar-refractivity contribution in [2.75, 3.05) is 32.9 Å². The zero-order valence-electron chi connectivity index (χ0n) is 22.4. The molecule has 0 aromatic heterocycles. The second-order valence-corrected chi connectivity index (χ2v) is 9.69. The summed E-state index contributed by atoms with van der Waals surface area (Å²) >= 11 is 0. The highest BCUT2D eigenvalue weighted by molar-refractivity contribution is 5.86. The van der Waals surface area contributed by atoms with E-state index < -0.39 is 12.0 Å². The van der Waals surface area contributed by atoms with Crippen molar-refractivity contribution in [1.29, 1.82) is 0 Å². The Morgan fingerprint density at radius 3 is 2.49 bits per heavy atom. The Morgan fingerprint density at radius 1 is 1.00 bits per heavy atom. The third kappa shape index (κ3) is 11.0. The van der Waals surface area contributed by atoms with Crippen molar-refractivity contribution in [3.63, 3.8) is 0 Å². The molecule has 0 aliphatic carbocycles. The molecule has 0 radical (unpaired) electrons. The molecule has 1 aliphatic heterocycles. The number of amides is 2. The molecule has 0 spiro atoms. The normalized spacial score (nSPS) is 20.9. The molecule has 2 amide bonds. The summed E-state index contributed by atoms with van der Waals surface area (Å²) in [6.07, 6.45) is 6.66. The molecule has 0 saturated heterocycles. The van der Waals surface area contributed by atoms with Gasteiger partial charge in [0.25, 0.3) is 0 Å². The van der Waals surface area contributed by atoms with Gasteiger partial charge in [0, 0.05) is 13.0 Å². The molecule has 39 heavy (non-hydrogen) atoms. The van der Waals surface area contributed by atoms with Gasteiger partial charge in [-0.3, -0.25) is 14.4 Å². The summed E-state index contributed by atoms with van der Waals surface area (Å²) in [5, 5.41) is 14.5. The van der Waals surface area contributed by atoms with Gasteiger partial charge in [0.15, 0.2) is 0 Å². The van der Waals surface area contributed by atoms with Gasteiger partial charge in [-0.1, -0.05) is 72.8 Å². The average molecular weight is 537 g/mol. The maximum atomic E-state index is 13.4. The minimum atomic E-state index is -0.641. The highest BCUT2D eigenvalue weighted by atomic mass is 16.5. The predicted molar refractivity (Wildman–Crippen MR) is 149 cm³/mol. The summed E-state index contributed by atoms with van der Waals surface area (Å²) in [4.78, 5) is 39.1. The van der Waals surface area contributed by atoms with Gasteiger partial charge in [0.05, 0.1) is 38.2 Å². The van der Waals surface area contributed by atoms with Gasteiger partial charge in [0.2, 0.25) is 11.8 Å². The van der Waals surface area contributed by atoms with Crippen LogP contribution in [0.2, 0.25) is 0 Å². The number of benzene rings is 2. The number of cyclic esters (lactones) is 1. The Hall–Kier alpha value is -3.49. The van der Waals surface area contributed by atoms with Gasteiger partial charge in [-0.25, -0.2) is 0 Å². The molecule has 0 saturated carbocycles. The number of rotatable bonds is 10. The van der Waals surface area contributed by atoms with Crippen molar-refractivity contribution in [2.24, 2.45) is 11.8 Å². The maximum Gasteiger partial charge on any atom is 0.309 e. The van der Waals surface area contributed by atoms with Crippen molar-refractivity contribution < 1.29 is 29.0 Å². The molecule has 2 aromatic carbocycles. The number of hydrogen-bond donors (Lipinski definition) is 3. The van der Waals surface area contributed by atoms with Crippen molar-refractivity contribution in [2.45, 2.75) is 44.6 Å². The van der Waals surface area contributed by atoms with Gasteiger partial charge < -0.3 is 25.2 Å². The molecule has 0 bridgehead atoms. The number of esters is 1. The molecule has 3 atom stereocenters. The minimum absolute atomic E-state index is 0.0329. The van der Waals surface area contributed by atoms with E-state index in [-0.39, 0.29) is 49.9 Å². The quantitative estimate of drug-likeness (QED) is 0.243. The summed E-state index contributed by atoms with van der Waals surface area (Å²) in [5.41, 5.74) is 1.88. The largest absolute Gasteiger partial charge is 0.455 e. The fraction of sp³-hybridized carbons (Fsp3) is 0.452. The zero-order valence-corrected chi connectivity index (χ0v) is 22.4. The van der Waals surface area contributed by atoms with E-state index in [2.05, 4.69) is 10.6 Å². The first-order valence-electron chi connectivity index (χ1n) is 13.7. The molecule has 3 N–H and O–H groups in total. The SMILES string of the molecule is O=C(C[C@H]1CC=CCCC[C@H](Cc2ccccc2)C(=O)O[C@@H](c2ccccc2)CNC1=O)NCCOCCO. The smallest absolute Gasteiger partial charge is 0.309 e. The Kier molecular flexibility index (Phi) is 13.2. The lowest BCUT2D eigenvalue weighted by Crippen LogP contribution is -2.38. The van der Waals surface area contributed by atoms with Crippen LogP contribution in [0.15, 0.2) is 72.8 Å². The van der Waals surface area contributed by atoms with E-state index in [1.165, 1.54) is 0 Å². The molecule has 1 aliphatic rings. The first kappa shape index (κ1) is 30.1. The van der Waals surface area contributed by atoms with Gasteiger partial charge in [-0.15, -0.1) is 0 Å². The van der Waals surface area contributed by atoms with Crippen molar-refractivity contribution in [1.82, 2.24) is 10.6 Å². The molecule has 2 aromatic rings. The molecule has 0 fully saturated rings. The number of ether oxygens (including phenoxy) is 2. The van der Waals surface area contributed by atoms with E-state index in [0.29, 0.717) is 32.4 Å². The zero-order chi connectivity index (χ0) is 27.7. The van der Waals surface area contributed by atoms with Crippen molar-refractivity contribution >= 4 is 17.8 Å². The summed E-state index contributed by atoms with van der Waals surface area (Å²) in [6, 6.07) is 19.3. The first-order valence-corrected chi connectivity index (χ1v) is 13.7. The number of carbonyl (C=O) groups excluding carboxylic acids is 3. The molecule has 8 heteroatoms. The lowest BCUT2D eigenvalue weighted by molar-refractivity contribution is -0.155. The predicted octanol–water partition coefficient (Wildman–Crippen LogP) is 3.51. The monoisotopic (exact) mass is 536 g/mol. The number of carbonyl (C=O) groups is 3. The topological polar surface area (TPSA) is 114 Å². The van der Waals surface area contributed by atoms with Crippen LogP contribution in [0.1, 0.15) is 49.3 Å². The average Bonchev–Trinajstić information content (AvgIpc) is 2.95. The Morgan fingerprint density at radius 2 is 1.74 bits per heavy atom. The van der Waals surface area contributed by atoms with E-state index in [1.807, 2.05) is 72.8 Å². The standard InChI is InChI=1S/C31H40N2O6/c34-18-20-38-19-17-32-29(35)22-26-15-7-1-2-8-16-27(21-24-11-5-3-6-12-24)31(37)39-28(23-33-30(26)36)25-13-9-4-10-14-25/h1,3-7,9-14,26-28,34H,2,8,15-23H2,(H,32,35)(H,33,36)/t26-,27-,28-/m1/s1. The van der Waals surface area contributed by atoms with Crippen LogP contribution in [-0.4, -0.2) is 55.8 Å². The van der Waals surface area contributed by atoms with Crippen molar-refractivity contribution in [3.8, 4) is 0 Å². The Labute approximate surface area is 230 Å². The number of nitrogens with one attached hydrogen (secondary N) is 2. The molecule has 3 rings (SSSR count). The van der Waals surface area contributed by atoms with Crippen LogP contribution < -0.4 is 10.6 Å². The van der Waals surface area contributed by atoms with E-state index in [4.69, 9.17) is 14.6 Å². The number of aliphatic hydroxyl groups excluding tert-OH is 1. The van der Waals surface area contributed by atoms with Gasteiger partial charge in [0.1, 0.15) is 6.10 Å². The number of allylic oxidation sites excluding steroid dienone is 2. The second kappa shape index (κ2) is 17.2. The molecule has 0 unspecified atom stereocenters. The van der Waals surface area contributed by atoms with Gasteiger partial charge in [-0.2, -0.15) is 0 Å². The Bertz CT molecular complexity index is 1040. The molecule has 210 valence electrons. The van der Waals surface area contributed by atoms with E-state index >= 15 is 0 Å². The number of hydrogen-bond acceptors (Lipinski definition) is 6. The fourth-order valence-corrected chi connectivity index (χ4v) is 4.54. The van der Waals surface area contributed by atoms with Crippen molar-refractivity contribution in [3.05, 3.63) is 83.9 Å². The first-order chi connectivity index (χ1) is 19.1. The van der Waals surface area contributed by atoms with E-state index in [1.54, 1.807) is 0 Å². The van der Waals surface area contributed by atoms with E-state index in [9.17, 15) is 14.4 Å². The lowest BCUT2D eigenvalue weighted by Gasteiger charge is -2.24. The second-order valence-electron chi connectivity index (χ2n) is 9.69. The van der Waals surface area contributed by atoms with Crippen LogP contribution in [0.25, 0.3) is 0 Å². The lowest BCUT2D eigenvalue weighted by atomic mass is 9.93. The third-order valence-corrected chi connectivity index (χ3v) is 6.67. The summed E-state index contributed by atoms with van der Waals surface area (Å²) in [6.45, 7) is 0.850. The van der Waals surface area contributed by atoms with E-state index in [0.717, 1.165) is 24.0 Å². The van der Waals surface area contributed by atoms with Crippen LogP contribution in [0, 0.1) is 11.8 Å². The van der Waals surface area contributed by atoms with Gasteiger partial charge >= 0.3 is 5.97 Å². The van der Waals surface area contributed by atoms with Crippen LogP contribution in [0.3, 0.4) is 0 Å². The molecular weight excluding hydrogens is 496 g/mol. The van der Waals surface area contributed by atoms with Crippen LogP contribution >= 0.6 is 0 Å². The summed E-state index contributed by atoms with van der Waals surface area (Å²) < 4.78 is 11.2. The third-order valence-electron chi connectivity index (χ3n) is 6.67. The van der Waals surface area contributed by atoms with Gasteiger partial charge in [-0.05, 0) is 43.2 Å². The maximum absolute atomic E-state index is 13.4. The summed E-state index contributed by atoms with van der Waals surface area (Å²) in [5.74, 6) is -1.63. The number of aliphatic hydroxyl groups is 1. The fourth-order valence-electron chi connectivity index (χ4n) is 4.54. The van der Waals surface area contributed by atoms with Crippen LogP contribution in [-0.2, 0) is 30.3 Å². The molecule has 8 nitrogen and oxygen atoms in total. The Balaban J connectivity index is 1.71. The summed E-state index contributed by atoms with van der Waals surface area (Å²) in [7, 11) is 0. The molecular formula is C31H40N2O6. The highest BCUT2D eigenvalue weighted by Crippen LogP contribution is 2.24. The highest BCUT2D eigenvalue weighted by Gasteiger charge is 2.27. The van der Waals surface area contributed by atoms with Crippen LogP contribution in [0.4, 0.5) is 0 Å². The molecule has 1 heterocycles. The minimum Gasteiger partial charge on any atom is -0.455 e.